The molecule has 1 heterocycles. The summed E-state index contributed by atoms with van der Waals surface area (Å²) in [5.74, 6) is -0.195. The van der Waals surface area contributed by atoms with Gasteiger partial charge in [-0.25, -0.2) is 0 Å². The summed E-state index contributed by atoms with van der Waals surface area (Å²) in [7, 11) is 0. The number of benzene rings is 2. The van der Waals surface area contributed by atoms with Crippen LogP contribution in [0.2, 0.25) is 0 Å². The molecule has 0 bridgehead atoms. The standard InChI is InChI=1S/C20H19F3N2O/c21-20(22,23)16-6-4-5-15(13-16)9-10-19(26)25-12-11-18(14-25)24-17-7-2-1-3-8-17/h1-10,13,18,24H,11-12,14H2/b10-9+. The first kappa shape index (κ1) is 18.0. The lowest BCUT2D eigenvalue weighted by Crippen LogP contribution is -2.30. The fraction of sp³-hybridized carbons (Fsp3) is 0.250. The van der Waals surface area contributed by atoms with Crippen molar-refractivity contribution in [3.8, 4) is 0 Å². The Bertz CT molecular complexity index is 787. The van der Waals surface area contributed by atoms with E-state index in [-0.39, 0.29) is 11.9 Å². The molecule has 1 N–H and O–H groups in total. The Hall–Kier alpha value is -2.76. The van der Waals surface area contributed by atoms with Crippen LogP contribution in [-0.4, -0.2) is 29.9 Å². The lowest BCUT2D eigenvalue weighted by Gasteiger charge is -2.16. The van der Waals surface area contributed by atoms with E-state index in [4.69, 9.17) is 0 Å². The Morgan fingerprint density at radius 1 is 1.12 bits per heavy atom. The van der Waals surface area contributed by atoms with Crippen LogP contribution in [0, 0.1) is 0 Å². The van der Waals surface area contributed by atoms with Crippen molar-refractivity contribution in [2.45, 2.75) is 18.6 Å². The number of alkyl halides is 3. The quantitative estimate of drug-likeness (QED) is 0.818. The van der Waals surface area contributed by atoms with Gasteiger partial charge in [-0.1, -0.05) is 30.3 Å². The fourth-order valence-electron chi connectivity index (χ4n) is 2.94. The third-order valence-electron chi connectivity index (χ3n) is 4.28. The number of carbonyl (C=O) groups excluding carboxylic acids is 1. The minimum absolute atomic E-state index is 0.170. The molecule has 1 aliphatic rings. The monoisotopic (exact) mass is 360 g/mol. The van der Waals surface area contributed by atoms with Gasteiger partial charge in [-0.2, -0.15) is 13.2 Å². The van der Waals surface area contributed by atoms with E-state index in [9.17, 15) is 18.0 Å². The molecule has 0 aliphatic carbocycles. The van der Waals surface area contributed by atoms with Crippen LogP contribution in [0.1, 0.15) is 17.5 Å². The molecule has 0 aromatic heterocycles. The molecule has 3 nitrogen and oxygen atoms in total. The summed E-state index contributed by atoms with van der Waals surface area (Å²) >= 11 is 0. The maximum Gasteiger partial charge on any atom is 0.416 e. The largest absolute Gasteiger partial charge is 0.416 e. The third-order valence-corrected chi connectivity index (χ3v) is 4.28. The van der Waals surface area contributed by atoms with Crippen molar-refractivity contribution in [1.82, 2.24) is 4.90 Å². The third kappa shape index (κ3) is 4.65. The van der Waals surface area contributed by atoms with Crippen molar-refractivity contribution in [3.05, 3.63) is 71.8 Å². The van der Waals surface area contributed by atoms with Crippen molar-refractivity contribution in [1.29, 1.82) is 0 Å². The van der Waals surface area contributed by atoms with Gasteiger partial charge in [-0.15, -0.1) is 0 Å². The highest BCUT2D eigenvalue weighted by atomic mass is 19.4. The molecule has 136 valence electrons. The zero-order valence-corrected chi connectivity index (χ0v) is 14.0. The second-order valence-electron chi connectivity index (χ2n) is 6.24. The molecule has 0 radical (unpaired) electrons. The van der Waals surface area contributed by atoms with Gasteiger partial charge in [0.2, 0.25) is 5.91 Å². The molecule has 3 rings (SSSR count). The zero-order chi connectivity index (χ0) is 18.6. The van der Waals surface area contributed by atoms with Gasteiger partial charge in [-0.3, -0.25) is 4.79 Å². The van der Waals surface area contributed by atoms with Crippen LogP contribution in [0.3, 0.4) is 0 Å². The normalized spacial score (nSPS) is 17.7. The van der Waals surface area contributed by atoms with Crippen LogP contribution in [-0.2, 0) is 11.0 Å². The van der Waals surface area contributed by atoms with Gasteiger partial charge in [0.25, 0.3) is 0 Å². The topological polar surface area (TPSA) is 32.3 Å². The van der Waals surface area contributed by atoms with Crippen molar-refractivity contribution in [2.24, 2.45) is 0 Å². The Morgan fingerprint density at radius 3 is 2.62 bits per heavy atom. The number of nitrogens with one attached hydrogen (secondary N) is 1. The molecule has 1 unspecified atom stereocenters. The van der Waals surface area contributed by atoms with Gasteiger partial charge in [0, 0.05) is 30.9 Å². The van der Waals surface area contributed by atoms with Crippen molar-refractivity contribution >= 4 is 17.7 Å². The van der Waals surface area contributed by atoms with Gasteiger partial charge >= 0.3 is 6.18 Å². The van der Waals surface area contributed by atoms with Crippen LogP contribution in [0.15, 0.2) is 60.7 Å². The molecule has 6 heteroatoms. The number of anilines is 1. The Balaban J connectivity index is 1.58. The van der Waals surface area contributed by atoms with Gasteiger partial charge in [0.1, 0.15) is 0 Å². The molecule has 1 aliphatic heterocycles. The molecular formula is C20H19F3N2O. The average Bonchev–Trinajstić information content (AvgIpc) is 3.09. The second-order valence-corrected chi connectivity index (χ2v) is 6.24. The van der Waals surface area contributed by atoms with E-state index in [2.05, 4.69) is 5.32 Å². The number of halogens is 3. The number of rotatable bonds is 4. The maximum absolute atomic E-state index is 12.7. The van der Waals surface area contributed by atoms with E-state index in [0.29, 0.717) is 18.7 Å². The molecule has 2 aromatic rings. The lowest BCUT2D eigenvalue weighted by molar-refractivity contribution is -0.137. The van der Waals surface area contributed by atoms with Gasteiger partial charge in [-0.05, 0) is 42.3 Å². The molecule has 1 fully saturated rings. The molecule has 26 heavy (non-hydrogen) atoms. The zero-order valence-electron chi connectivity index (χ0n) is 14.0. The highest BCUT2D eigenvalue weighted by Crippen LogP contribution is 2.29. The molecular weight excluding hydrogens is 341 g/mol. The summed E-state index contributed by atoms with van der Waals surface area (Å²) in [4.78, 5) is 14.0. The van der Waals surface area contributed by atoms with Crippen molar-refractivity contribution in [3.63, 3.8) is 0 Å². The Morgan fingerprint density at radius 2 is 1.88 bits per heavy atom. The highest BCUT2D eigenvalue weighted by molar-refractivity contribution is 5.92. The predicted octanol–water partition coefficient (Wildman–Crippen LogP) is 4.43. The van der Waals surface area contributed by atoms with E-state index >= 15 is 0 Å². The highest BCUT2D eigenvalue weighted by Gasteiger charge is 2.30. The van der Waals surface area contributed by atoms with Gasteiger partial charge in [0.15, 0.2) is 0 Å². The van der Waals surface area contributed by atoms with Gasteiger partial charge in [0.05, 0.1) is 5.56 Å². The van der Waals surface area contributed by atoms with Crippen molar-refractivity contribution in [2.75, 3.05) is 18.4 Å². The number of hydrogen-bond acceptors (Lipinski definition) is 2. The minimum atomic E-state index is -4.39. The summed E-state index contributed by atoms with van der Waals surface area (Å²) in [6.07, 6.45) is -0.799. The number of carbonyl (C=O) groups is 1. The minimum Gasteiger partial charge on any atom is -0.380 e. The molecule has 2 aromatic carbocycles. The fourth-order valence-corrected chi connectivity index (χ4v) is 2.94. The summed E-state index contributed by atoms with van der Waals surface area (Å²) in [6.45, 7) is 1.19. The van der Waals surface area contributed by atoms with E-state index < -0.39 is 11.7 Å². The van der Waals surface area contributed by atoms with Crippen LogP contribution < -0.4 is 5.32 Å². The number of likely N-dealkylation sites (tertiary alicyclic amines) is 1. The molecule has 1 amide bonds. The van der Waals surface area contributed by atoms with E-state index in [1.165, 1.54) is 18.2 Å². The summed E-state index contributed by atoms with van der Waals surface area (Å²) in [5, 5.41) is 3.38. The van der Waals surface area contributed by atoms with E-state index in [1.807, 2.05) is 30.3 Å². The summed E-state index contributed by atoms with van der Waals surface area (Å²) in [5.41, 5.74) is 0.637. The smallest absolute Gasteiger partial charge is 0.380 e. The molecule has 0 spiro atoms. The first-order valence-electron chi connectivity index (χ1n) is 8.38. The number of hydrogen-bond donors (Lipinski definition) is 1. The summed E-state index contributed by atoms with van der Waals surface area (Å²) < 4.78 is 38.2. The predicted molar refractivity (Wildman–Crippen MR) is 95.5 cm³/mol. The molecule has 0 saturated carbocycles. The van der Waals surface area contributed by atoms with E-state index in [0.717, 1.165) is 24.2 Å². The van der Waals surface area contributed by atoms with Crippen LogP contribution in [0.25, 0.3) is 6.08 Å². The van der Waals surface area contributed by atoms with E-state index in [1.54, 1.807) is 11.0 Å². The van der Waals surface area contributed by atoms with Crippen LogP contribution in [0.4, 0.5) is 18.9 Å². The first-order chi connectivity index (χ1) is 12.4. The molecule has 1 saturated heterocycles. The van der Waals surface area contributed by atoms with Crippen LogP contribution >= 0.6 is 0 Å². The average molecular weight is 360 g/mol. The first-order valence-corrected chi connectivity index (χ1v) is 8.38. The number of nitrogens with zero attached hydrogens (tertiary/aromatic N) is 1. The molecule has 1 atom stereocenters. The number of amides is 1. The maximum atomic E-state index is 12.7. The Labute approximate surface area is 150 Å². The SMILES string of the molecule is O=C(/C=C/c1cccc(C(F)(F)F)c1)N1CCC(Nc2ccccc2)C1. The van der Waals surface area contributed by atoms with Crippen LogP contribution in [0.5, 0.6) is 0 Å². The lowest BCUT2D eigenvalue weighted by atomic mass is 10.1. The second kappa shape index (κ2) is 7.64. The van der Waals surface area contributed by atoms with Crippen molar-refractivity contribution < 1.29 is 18.0 Å². The van der Waals surface area contributed by atoms with Gasteiger partial charge < -0.3 is 10.2 Å². The Kier molecular flexibility index (Phi) is 5.30. The summed E-state index contributed by atoms with van der Waals surface area (Å²) in [6, 6.07) is 14.9. The number of para-hydroxylation sites is 1.